The maximum Gasteiger partial charge on any atom is 0.251 e. The molecule has 1 aromatic carbocycles. The molecule has 1 aliphatic rings. The normalized spacial score (nSPS) is 22.9. The fourth-order valence-corrected chi connectivity index (χ4v) is 1.90. The van der Waals surface area contributed by atoms with Gasteiger partial charge >= 0.3 is 0 Å². The van der Waals surface area contributed by atoms with E-state index in [2.05, 4.69) is 5.32 Å². The zero-order valence-corrected chi connectivity index (χ0v) is 9.54. The number of carbonyl (C=O) groups excluding carboxylic acids is 2. The van der Waals surface area contributed by atoms with E-state index in [-0.39, 0.29) is 13.1 Å². The van der Waals surface area contributed by atoms with Gasteiger partial charge in [-0.1, -0.05) is 0 Å². The number of β-amino-alcohol motifs (C(OH)–C–C–N with tert-alkyl or cyclic N) is 1. The van der Waals surface area contributed by atoms with Crippen molar-refractivity contribution >= 4 is 12.3 Å². The third-order valence-electron chi connectivity index (χ3n) is 2.89. The highest BCUT2D eigenvalue weighted by molar-refractivity contribution is 5.94. The average molecular weight is 252 g/mol. The quantitative estimate of drug-likeness (QED) is 0.729. The molecule has 18 heavy (non-hydrogen) atoms. The first kappa shape index (κ1) is 12.5. The monoisotopic (exact) mass is 252 g/mol. The van der Waals surface area contributed by atoms with E-state index in [1.54, 1.807) is 0 Å². The maximum absolute atomic E-state index is 12.7. The van der Waals surface area contributed by atoms with Crippen LogP contribution in [0.25, 0.3) is 0 Å². The molecule has 1 fully saturated rings. The van der Waals surface area contributed by atoms with Crippen molar-refractivity contribution < 1.29 is 19.1 Å². The first-order chi connectivity index (χ1) is 8.60. The summed E-state index contributed by atoms with van der Waals surface area (Å²) in [6.07, 6.45) is -0.146. The number of rotatable bonds is 3. The summed E-state index contributed by atoms with van der Waals surface area (Å²) in [4.78, 5) is 23.7. The van der Waals surface area contributed by atoms with Crippen LogP contribution >= 0.6 is 0 Å². The number of halogens is 1. The first-order valence-corrected chi connectivity index (χ1v) is 5.54. The summed E-state index contributed by atoms with van der Waals surface area (Å²) in [5.74, 6) is -0.814. The van der Waals surface area contributed by atoms with Gasteiger partial charge in [0.1, 0.15) is 5.82 Å². The van der Waals surface area contributed by atoms with Gasteiger partial charge in [0.2, 0.25) is 6.41 Å². The average Bonchev–Trinajstić information content (AvgIpc) is 2.71. The second kappa shape index (κ2) is 5.14. The topological polar surface area (TPSA) is 69.6 Å². The minimum Gasteiger partial charge on any atom is -0.389 e. The third kappa shape index (κ3) is 2.65. The van der Waals surface area contributed by atoms with Gasteiger partial charge in [0.25, 0.3) is 5.91 Å². The molecule has 2 rings (SSSR count). The van der Waals surface area contributed by atoms with Crippen molar-refractivity contribution in [2.24, 2.45) is 0 Å². The number of nitrogens with zero attached hydrogens (tertiary/aromatic N) is 1. The molecular weight excluding hydrogens is 239 g/mol. The number of aliphatic hydroxyl groups is 1. The van der Waals surface area contributed by atoms with Crippen LogP contribution < -0.4 is 5.32 Å². The molecule has 2 N–H and O–H groups in total. The second-order valence-electron chi connectivity index (χ2n) is 4.21. The Balaban J connectivity index is 1.99. The minimum atomic E-state index is -0.778. The Morgan fingerprint density at radius 1 is 1.39 bits per heavy atom. The summed E-state index contributed by atoms with van der Waals surface area (Å²) in [5, 5.41) is 12.3. The van der Waals surface area contributed by atoms with Gasteiger partial charge in [-0.3, -0.25) is 9.59 Å². The van der Waals surface area contributed by atoms with Crippen LogP contribution in [0.15, 0.2) is 24.3 Å². The van der Waals surface area contributed by atoms with Gasteiger partial charge in [0, 0.05) is 18.7 Å². The zero-order chi connectivity index (χ0) is 13.1. The first-order valence-electron chi connectivity index (χ1n) is 5.54. The van der Waals surface area contributed by atoms with E-state index in [0.717, 1.165) is 0 Å². The molecule has 0 radical (unpaired) electrons. The number of carbonyl (C=O) groups is 2. The number of amides is 2. The molecule has 0 aliphatic carbocycles. The van der Waals surface area contributed by atoms with Crippen LogP contribution in [-0.2, 0) is 4.79 Å². The van der Waals surface area contributed by atoms with Crippen molar-refractivity contribution in [2.45, 2.75) is 12.1 Å². The van der Waals surface area contributed by atoms with Gasteiger partial charge in [0.05, 0.1) is 12.1 Å². The lowest BCUT2D eigenvalue weighted by Crippen LogP contribution is -2.42. The van der Waals surface area contributed by atoms with Gasteiger partial charge in [-0.25, -0.2) is 4.39 Å². The number of benzene rings is 1. The van der Waals surface area contributed by atoms with Crippen LogP contribution in [0.1, 0.15) is 10.4 Å². The number of nitrogens with one attached hydrogen (secondary N) is 1. The number of aliphatic hydroxyl groups excluding tert-OH is 1. The van der Waals surface area contributed by atoms with Crippen molar-refractivity contribution in [2.75, 3.05) is 13.1 Å². The van der Waals surface area contributed by atoms with Gasteiger partial charge < -0.3 is 15.3 Å². The molecular formula is C12H13FN2O3. The minimum absolute atomic E-state index is 0.206. The molecule has 2 unspecified atom stereocenters. The summed E-state index contributed by atoms with van der Waals surface area (Å²) < 4.78 is 12.7. The van der Waals surface area contributed by atoms with Crippen LogP contribution in [0.5, 0.6) is 0 Å². The van der Waals surface area contributed by atoms with E-state index < -0.39 is 23.9 Å². The van der Waals surface area contributed by atoms with Crippen LogP contribution in [-0.4, -0.2) is 47.6 Å². The number of likely N-dealkylation sites (tertiary alicyclic amines) is 1. The summed E-state index contributed by atoms with van der Waals surface area (Å²) >= 11 is 0. The molecule has 0 saturated carbocycles. The zero-order valence-electron chi connectivity index (χ0n) is 9.54. The van der Waals surface area contributed by atoms with Gasteiger partial charge in [-0.2, -0.15) is 0 Å². The van der Waals surface area contributed by atoms with Crippen molar-refractivity contribution in [3.05, 3.63) is 35.6 Å². The molecule has 0 bridgehead atoms. The van der Waals surface area contributed by atoms with Crippen LogP contribution in [0.3, 0.4) is 0 Å². The Morgan fingerprint density at radius 3 is 2.61 bits per heavy atom. The van der Waals surface area contributed by atoms with Crippen LogP contribution in [0, 0.1) is 5.82 Å². The Labute approximate surface area is 103 Å². The van der Waals surface area contributed by atoms with E-state index in [1.165, 1.54) is 29.2 Å². The standard InChI is InChI=1S/C12H13FN2O3/c13-9-3-1-8(2-4-9)12(18)14-10-5-15(7-16)6-11(10)17/h1-4,7,10-11,17H,5-6H2,(H,14,18). The molecule has 1 aromatic rings. The van der Waals surface area contributed by atoms with Crippen LogP contribution in [0.2, 0.25) is 0 Å². The fourth-order valence-electron chi connectivity index (χ4n) is 1.90. The SMILES string of the molecule is O=CN1CC(O)C(NC(=O)c2ccc(F)cc2)C1. The molecule has 1 heterocycles. The van der Waals surface area contributed by atoms with Gasteiger partial charge in [-0.05, 0) is 24.3 Å². The second-order valence-corrected chi connectivity index (χ2v) is 4.21. The number of hydrogen-bond acceptors (Lipinski definition) is 3. The van der Waals surface area contributed by atoms with E-state index in [9.17, 15) is 19.1 Å². The predicted octanol–water partition coefficient (Wildman–Crippen LogP) is -0.243. The Bertz CT molecular complexity index is 449. The lowest BCUT2D eigenvalue weighted by molar-refractivity contribution is -0.117. The van der Waals surface area contributed by atoms with E-state index in [0.29, 0.717) is 12.0 Å². The molecule has 1 aliphatic heterocycles. The molecule has 5 nitrogen and oxygen atoms in total. The lowest BCUT2D eigenvalue weighted by atomic mass is 10.1. The smallest absolute Gasteiger partial charge is 0.251 e. The fraction of sp³-hybridized carbons (Fsp3) is 0.333. The Hall–Kier alpha value is -1.95. The lowest BCUT2D eigenvalue weighted by Gasteiger charge is -2.15. The summed E-state index contributed by atoms with van der Waals surface area (Å²) in [6.45, 7) is 0.482. The molecule has 0 aromatic heterocycles. The Kier molecular flexibility index (Phi) is 3.57. The van der Waals surface area contributed by atoms with Gasteiger partial charge in [0.15, 0.2) is 0 Å². The maximum atomic E-state index is 12.7. The molecule has 1 saturated heterocycles. The van der Waals surface area contributed by atoms with E-state index in [4.69, 9.17) is 0 Å². The van der Waals surface area contributed by atoms with Crippen molar-refractivity contribution in [1.82, 2.24) is 10.2 Å². The summed E-state index contributed by atoms with van der Waals surface area (Å²) in [6, 6.07) is 4.62. The van der Waals surface area contributed by atoms with Crippen molar-refractivity contribution in [1.29, 1.82) is 0 Å². The third-order valence-corrected chi connectivity index (χ3v) is 2.89. The highest BCUT2D eigenvalue weighted by Gasteiger charge is 2.31. The van der Waals surface area contributed by atoms with E-state index >= 15 is 0 Å². The summed E-state index contributed by atoms with van der Waals surface area (Å²) in [5.41, 5.74) is 0.313. The highest BCUT2D eigenvalue weighted by atomic mass is 19.1. The Morgan fingerprint density at radius 2 is 2.06 bits per heavy atom. The summed E-state index contributed by atoms with van der Waals surface area (Å²) in [7, 11) is 0. The van der Waals surface area contributed by atoms with Gasteiger partial charge in [-0.15, -0.1) is 0 Å². The molecule has 2 atom stereocenters. The molecule has 2 amide bonds. The van der Waals surface area contributed by atoms with Crippen LogP contribution in [0.4, 0.5) is 4.39 Å². The van der Waals surface area contributed by atoms with E-state index in [1.807, 2.05) is 0 Å². The molecule has 0 spiro atoms. The highest BCUT2D eigenvalue weighted by Crippen LogP contribution is 2.10. The predicted molar refractivity (Wildman–Crippen MR) is 61.3 cm³/mol. The number of hydrogen-bond donors (Lipinski definition) is 2. The van der Waals surface area contributed by atoms with Crippen molar-refractivity contribution in [3.8, 4) is 0 Å². The molecule has 96 valence electrons. The molecule has 6 heteroatoms. The largest absolute Gasteiger partial charge is 0.389 e. The van der Waals surface area contributed by atoms with Crippen molar-refractivity contribution in [3.63, 3.8) is 0 Å².